The highest BCUT2D eigenvalue weighted by molar-refractivity contribution is 6.30. The number of rotatable bonds is 6. The minimum Gasteiger partial charge on any atom is -0.422 e. The van der Waals surface area contributed by atoms with Crippen molar-refractivity contribution in [2.24, 2.45) is 5.10 Å². The van der Waals surface area contributed by atoms with Gasteiger partial charge in [0.05, 0.1) is 16.7 Å². The number of nitrogens with zero attached hydrogens (tertiary/aromatic N) is 2. The summed E-state index contributed by atoms with van der Waals surface area (Å²) in [5.74, 6) is -0.964. The van der Waals surface area contributed by atoms with Crippen LogP contribution in [0.1, 0.15) is 26.3 Å². The van der Waals surface area contributed by atoms with E-state index in [2.05, 4.69) is 10.5 Å². The summed E-state index contributed by atoms with van der Waals surface area (Å²) in [6.07, 6.45) is 1.36. The fraction of sp³-hybridized carbons (Fsp3) is 0. The van der Waals surface area contributed by atoms with E-state index in [0.29, 0.717) is 16.1 Å². The number of hydrogen-bond donors (Lipinski definition) is 1. The molecule has 0 aliphatic rings. The maximum absolute atomic E-state index is 12.6. The van der Waals surface area contributed by atoms with Crippen molar-refractivity contribution in [3.8, 4) is 5.75 Å². The molecule has 0 aliphatic carbocycles. The lowest BCUT2D eigenvalue weighted by Gasteiger charge is -2.10. The van der Waals surface area contributed by atoms with E-state index in [-0.39, 0.29) is 17.0 Å². The normalized spacial score (nSPS) is 10.9. The standard InChI is InChI=1S/C25H16ClN3O5/c26-19-11-8-17(9-12-19)25(31)34-23-13-10-16-4-1-2-7-21(16)22(23)15-27-28-24(30)18-5-3-6-20(14-18)29(32)33/h1-15H,(H,28,30). The van der Waals surface area contributed by atoms with Gasteiger partial charge in [0.15, 0.2) is 0 Å². The van der Waals surface area contributed by atoms with Crippen molar-refractivity contribution in [2.75, 3.05) is 0 Å². The molecule has 1 N–H and O–H groups in total. The molecule has 0 bridgehead atoms. The number of ether oxygens (including phenoxy) is 1. The second kappa shape index (κ2) is 9.93. The predicted molar refractivity (Wildman–Crippen MR) is 129 cm³/mol. The molecule has 0 atom stereocenters. The van der Waals surface area contributed by atoms with Gasteiger partial charge in [-0.05, 0) is 47.2 Å². The first-order chi connectivity index (χ1) is 16.4. The number of amides is 1. The van der Waals surface area contributed by atoms with E-state index in [4.69, 9.17) is 16.3 Å². The Labute approximate surface area is 198 Å². The Morgan fingerprint density at radius 3 is 2.47 bits per heavy atom. The van der Waals surface area contributed by atoms with Gasteiger partial charge < -0.3 is 4.74 Å². The van der Waals surface area contributed by atoms with Crippen molar-refractivity contribution < 1.29 is 19.2 Å². The van der Waals surface area contributed by atoms with Crippen LogP contribution in [0.15, 0.2) is 90.0 Å². The van der Waals surface area contributed by atoms with E-state index in [1.165, 1.54) is 24.4 Å². The van der Waals surface area contributed by atoms with Crippen LogP contribution in [0.2, 0.25) is 5.02 Å². The molecular formula is C25H16ClN3O5. The third kappa shape index (κ3) is 5.08. The highest BCUT2D eigenvalue weighted by Crippen LogP contribution is 2.27. The topological polar surface area (TPSA) is 111 Å². The SMILES string of the molecule is O=C(NN=Cc1c(OC(=O)c2ccc(Cl)cc2)ccc2ccccc12)c1cccc([N+](=O)[O-])c1. The number of benzene rings is 4. The zero-order valence-electron chi connectivity index (χ0n) is 17.5. The number of non-ortho nitro benzene ring substituents is 1. The van der Waals surface area contributed by atoms with Crippen molar-refractivity contribution in [2.45, 2.75) is 0 Å². The summed E-state index contributed by atoms with van der Waals surface area (Å²) in [7, 11) is 0. The van der Waals surface area contributed by atoms with Crippen LogP contribution in [0, 0.1) is 10.1 Å². The van der Waals surface area contributed by atoms with E-state index >= 15 is 0 Å². The third-order valence-electron chi connectivity index (χ3n) is 4.89. The van der Waals surface area contributed by atoms with Crippen LogP contribution in [-0.2, 0) is 0 Å². The second-order valence-corrected chi connectivity index (χ2v) is 7.54. The van der Waals surface area contributed by atoms with E-state index < -0.39 is 16.8 Å². The molecular weight excluding hydrogens is 458 g/mol. The zero-order valence-corrected chi connectivity index (χ0v) is 18.2. The molecule has 0 saturated carbocycles. The van der Waals surface area contributed by atoms with E-state index in [0.717, 1.165) is 16.8 Å². The van der Waals surface area contributed by atoms with E-state index in [1.54, 1.807) is 36.4 Å². The lowest BCUT2D eigenvalue weighted by Crippen LogP contribution is -2.18. The largest absolute Gasteiger partial charge is 0.422 e. The summed E-state index contributed by atoms with van der Waals surface area (Å²) >= 11 is 5.88. The molecule has 0 unspecified atom stereocenters. The summed E-state index contributed by atoms with van der Waals surface area (Å²) in [5.41, 5.74) is 3.02. The van der Waals surface area contributed by atoms with Crippen LogP contribution < -0.4 is 10.2 Å². The van der Waals surface area contributed by atoms with Gasteiger partial charge in [-0.25, -0.2) is 10.2 Å². The number of hydrazone groups is 1. The van der Waals surface area contributed by atoms with Gasteiger partial charge in [-0.15, -0.1) is 0 Å². The van der Waals surface area contributed by atoms with Gasteiger partial charge in [0.2, 0.25) is 0 Å². The van der Waals surface area contributed by atoms with E-state index in [9.17, 15) is 19.7 Å². The lowest BCUT2D eigenvalue weighted by atomic mass is 10.0. The molecule has 0 radical (unpaired) electrons. The average Bonchev–Trinajstić information content (AvgIpc) is 2.85. The van der Waals surface area contributed by atoms with Gasteiger partial charge >= 0.3 is 5.97 Å². The Balaban J connectivity index is 1.61. The number of halogens is 1. The van der Waals surface area contributed by atoms with Crippen LogP contribution >= 0.6 is 11.6 Å². The summed E-state index contributed by atoms with van der Waals surface area (Å²) < 4.78 is 5.60. The fourth-order valence-corrected chi connectivity index (χ4v) is 3.35. The number of hydrogen-bond acceptors (Lipinski definition) is 6. The van der Waals surface area contributed by atoms with Crippen LogP contribution in [0.25, 0.3) is 10.8 Å². The Morgan fingerprint density at radius 2 is 1.71 bits per heavy atom. The number of nitro benzene ring substituents is 1. The minimum absolute atomic E-state index is 0.0821. The maximum atomic E-state index is 12.6. The van der Waals surface area contributed by atoms with Crippen LogP contribution in [0.4, 0.5) is 5.69 Å². The molecule has 0 fully saturated rings. The summed E-state index contributed by atoms with van der Waals surface area (Å²) in [6.45, 7) is 0. The van der Waals surface area contributed by atoms with Gasteiger partial charge in [-0.1, -0.05) is 48.0 Å². The quantitative estimate of drug-likeness (QED) is 0.133. The first kappa shape index (κ1) is 22.6. The number of carbonyl (C=O) groups is 2. The Hall–Kier alpha value is -4.56. The highest BCUT2D eigenvalue weighted by atomic mass is 35.5. The molecule has 0 spiro atoms. The number of nitrogens with one attached hydrogen (secondary N) is 1. The molecule has 34 heavy (non-hydrogen) atoms. The zero-order chi connectivity index (χ0) is 24.1. The second-order valence-electron chi connectivity index (χ2n) is 7.10. The average molecular weight is 474 g/mol. The molecule has 168 valence electrons. The molecule has 0 heterocycles. The smallest absolute Gasteiger partial charge is 0.343 e. The monoisotopic (exact) mass is 473 g/mol. The Kier molecular flexibility index (Phi) is 6.61. The summed E-state index contributed by atoms with van der Waals surface area (Å²) in [4.78, 5) is 35.4. The number of fused-ring (bicyclic) bond motifs is 1. The Bertz CT molecular complexity index is 1430. The lowest BCUT2D eigenvalue weighted by molar-refractivity contribution is -0.384. The molecule has 4 aromatic rings. The highest BCUT2D eigenvalue weighted by Gasteiger charge is 2.14. The van der Waals surface area contributed by atoms with Crippen LogP contribution in [0.5, 0.6) is 5.75 Å². The van der Waals surface area contributed by atoms with Gasteiger partial charge in [0.25, 0.3) is 11.6 Å². The molecule has 0 aliphatic heterocycles. The van der Waals surface area contributed by atoms with Crippen LogP contribution in [0.3, 0.4) is 0 Å². The number of esters is 1. The van der Waals surface area contributed by atoms with Crippen molar-refractivity contribution >= 4 is 46.2 Å². The van der Waals surface area contributed by atoms with E-state index in [1.807, 2.05) is 24.3 Å². The van der Waals surface area contributed by atoms with Crippen molar-refractivity contribution in [3.63, 3.8) is 0 Å². The van der Waals surface area contributed by atoms with Gasteiger partial charge in [-0.3, -0.25) is 14.9 Å². The fourth-order valence-electron chi connectivity index (χ4n) is 3.22. The molecule has 8 nitrogen and oxygen atoms in total. The number of nitro groups is 1. The van der Waals surface area contributed by atoms with Crippen molar-refractivity contribution in [1.29, 1.82) is 0 Å². The molecule has 4 aromatic carbocycles. The van der Waals surface area contributed by atoms with Crippen molar-refractivity contribution in [1.82, 2.24) is 5.43 Å². The number of carbonyl (C=O) groups excluding carboxylic acids is 2. The maximum Gasteiger partial charge on any atom is 0.343 e. The molecule has 0 saturated heterocycles. The van der Waals surface area contributed by atoms with Crippen molar-refractivity contribution in [3.05, 3.63) is 117 Å². The van der Waals surface area contributed by atoms with Gasteiger partial charge in [-0.2, -0.15) is 5.10 Å². The molecule has 4 rings (SSSR count). The summed E-state index contributed by atoms with van der Waals surface area (Å²) in [6, 6.07) is 22.4. The first-order valence-corrected chi connectivity index (χ1v) is 10.4. The molecule has 1 amide bonds. The van der Waals surface area contributed by atoms with Gasteiger partial charge in [0, 0.05) is 28.3 Å². The van der Waals surface area contributed by atoms with Crippen LogP contribution in [-0.4, -0.2) is 23.0 Å². The predicted octanol–water partition coefficient (Wildman–Crippen LogP) is 5.38. The van der Waals surface area contributed by atoms with Gasteiger partial charge in [0.1, 0.15) is 5.75 Å². The molecule has 9 heteroatoms. The summed E-state index contributed by atoms with van der Waals surface area (Å²) in [5, 5.41) is 17.0. The first-order valence-electron chi connectivity index (χ1n) is 10.00. The third-order valence-corrected chi connectivity index (χ3v) is 5.14. The Morgan fingerprint density at radius 1 is 0.941 bits per heavy atom. The minimum atomic E-state index is -0.625. The molecule has 0 aromatic heterocycles.